The van der Waals surface area contributed by atoms with Crippen molar-refractivity contribution in [2.75, 3.05) is 26.4 Å². The van der Waals surface area contributed by atoms with Gasteiger partial charge >= 0.3 is 0 Å². The Balaban J connectivity index is 0.000000128. The van der Waals surface area contributed by atoms with Gasteiger partial charge in [0.1, 0.15) is 25.4 Å². The Bertz CT molecular complexity index is 1100. The van der Waals surface area contributed by atoms with Crippen LogP contribution in [0.4, 0.5) is 0 Å². The monoisotopic (exact) mass is 594 g/mol. The van der Waals surface area contributed by atoms with Crippen LogP contribution < -0.4 is 0 Å². The van der Waals surface area contributed by atoms with E-state index in [1.54, 1.807) is 13.8 Å². The molecule has 0 aromatic rings. The van der Waals surface area contributed by atoms with Gasteiger partial charge in [-0.2, -0.15) is 0 Å². The van der Waals surface area contributed by atoms with Crippen molar-refractivity contribution < 1.29 is 57.0 Å². The van der Waals surface area contributed by atoms with Crippen LogP contribution in [-0.4, -0.2) is 97.1 Å². The van der Waals surface area contributed by atoms with E-state index in [0.717, 1.165) is 77.0 Å². The van der Waals surface area contributed by atoms with Crippen LogP contribution in [0.25, 0.3) is 0 Å². The van der Waals surface area contributed by atoms with Crippen molar-refractivity contribution in [2.24, 2.45) is 0 Å². The highest BCUT2D eigenvalue weighted by atomic mass is 16.9. The highest BCUT2D eigenvalue weighted by molar-refractivity contribution is 5.92. The van der Waals surface area contributed by atoms with Gasteiger partial charge in [0, 0.05) is 38.5 Å². The van der Waals surface area contributed by atoms with Gasteiger partial charge in [0.2, 0.25) is 11.6 Å². The molecule has 3 aliphatic carbocycles. The van der Waals surface area contributed by atoms with Crippen molar-refractivity contribution >= 4 is 11.6 Å². The molecule has 0 aromatic carbocycles. The Kier molecular flexibility index (Phi) is 6.58. The third-order valence-corrected chi connectivity index (χ3v) is 10.3. The molecule has 12 nitrogen and oxygen atoms in total. The summed E-state index contributed by atoms with van der Waals surface area (Å²) in [4.78, 5) is 25.7. The van der Waals surface area contributed by atoms with Crippen LogP contribution in [0.1, 0.15) is 90.9 Å². The molecule has 9 aliphatic rings. The second-order valence-corrected chi connectivity index (χ2v) is 13.8. The van der Waals surface area contributed by atoms with Crippen LogP contribution in [0.2, 0.25) is 0 Å². The van der Waals surface area contributed by atoms with Crippen LogP contribution in [0.15, 0.2) is 0 Å². The van der Waals surface area contributed by atoms with Gasteiger partial charge < -0.3 is 47.4 Å². The number of carbonyl (C=O) groups excluding carboxylic acids is 2. The number of Topliss-reactive ketones (excluding diaryl/α,β-unsaturated/α-hetero) is 2. The van der Waals surface area contributed by atoms with E-state index in [2.05, 4.69) is 0 Å². The number of ketones is 2. The maximum Gasteiger partial charge on any atom is 0.258 e. The minimum atomic E-state index is -1.30. The highest BCUT2D eigenvalue weighted by Crippen LogP contribution is 2.50. The molecule has 0 bridgehead atoms. The average molecular weight is 595 g/mol. The predicted octanol–water partition coefficient (Wildman–Crippen LogP) is 2.77. The fourth-order valence-corrected chi connectivity index (χ4v) is 8.23. The summed E-state index contributed by atoms with van der Waals surface area (Å²) in [7, 11) is 0. The van der Waals surface area contributed by atoms with E-state index in [-0.39, 0.29) is 37.0 Å². The van der Waals surface area contributed by atoms with E-state index in [0.29, 0.717) is 13.2 Å². The molecule has 9 rings (SSSR count). The van der Waals surface area contributed by atoms with Gasteiger partial charge in [-0.25, -0.2) is 0 Å². The molecule has 6 atom stereocenters. The summed E-state index contributed by atoms with van der Waals surface area (Å²) in [6.45, 7) is 4.55. The number of ether oxygens (including phenoxy) is 10. The number of hydrogen-bond donors (Lipinski definition) is 0. The SMILES string of the molecule is CC1(C)O[C@@H]2CO[C@]3(COC4(CCCC4)O3)C(=O)[C@@H]2O1.O=C1[C@@H]2OC3(CCCC3)O[C@@H]2CO[C@]12COC1(CCCC1)O2. The summed E-state index contributed by atoms with van der Waals surface area (Å²) in [6.07, 6.45) is 9.60. The summed E-state index contributed by atoms with van der Waals surface area (Å²) in [5.74, 6) is -5.51. The maximum absolute atomic E-state index is 13.0. The molecule has 0 amide bonds. The first kappa shape index (κ1) is 28.4. The van der Waals surface area contributed by atoms with E-state index in [4.69, 9.17) is 47.4 Å². The van der Waals surface area contributed by atoms with Crippen LogP contribution in [-0.2, 0) is 57.0 Å². The molecule has 0 radical (unpaired) electrons. The molecule has 3 saturated carbocycles. The van der Waals surface area contributed by atoms with Crippen molar-refractivity contribution in [3.8, 4) is 0 Å². The van der Waals surface area contributed by atoms with E-state index in [1.807, 2.05) is 0 Å². The smallest absolute Gasteiger partial charge is 0.258 e. The Morgan fingerprint density at radius 1 is 0.524 bits per heavy atom. The largest absolute Gasteiger partial charge is 0.344 e. The zero-order valence-electron chi connectivity index (χ0n) is 24.5. The average Bonchev–Trinajstić information content (AvgIpc) is 3.82. The molecule has 0 aromatic heterocycles. The van der Waals surface area contributed by atoms with Crippen molar-refractivity contribution in [3.05, 3.63) is 0 Å². The maximum atomic E-state index is 13.0. The zero-order valence-corrected chi connectivity index (χ0v) is 24.5. The molecule has 0 N–H and O–H groups in total. The van der Waals surface area contributed by atoms with E-state index in [9.17, 15) is 9.59 Å². The zero-order chi connectivity index (χ0) is 28.8. The molecule has 9 fully saturated rings. The quantitative estimate of drug-likeness (QED) is 0.409. The first-order chi connectivity index (χ1) is 20.1. The van der Waals surface area contributed by atoms with Crippen LogP contribution in [0, 0.1) is 0 Å². The van der Waals surface area contributed by atoms with Gasteiger partial charge in [-0.15, -0.1) is 0 Å². The highest BCUT2D eigenvalue weighted by Gasteiger charge is 2.66. The van der Waals surface area contributed by atoms with Crippen LogP contribution in [0.3, 0.4) is 0 Å². The molecule has 6 saturated heterocycles. The molecule has 0 unspecified atom stereocenters. The lowest BCUT2D eigenvalue weighted by molar-refractivity contribution is -0.270. The van der Waals surface area contributed by atoms with Crippen molar-refractivity contribution in [2.45, 2.75) is 150 Å². The Morgan fingerprint density at radius 3 is 1.45 bits per heavy atom. The second-order valence-electron chi connectivity index (χ2n) is 13.8. The fraction of sp³-hybridized carbons (Fsp3) is 0.933. The molecule has 5 spiro atoms. The third kappa shape index (κ3) is 4.47. The molecular weight excluding hydrogens is 552 g/mol. The minimum absolute atomic E-state index is 0.152. The van der Waals surface area contributed by atoms with Gasteiger partial charge in [-0.3, -0.25) is 9.59 Å². The van der Waals surface area contributed by atoms with Crippen molar-refractivity contribution in [1.29, 1.82) is 0 Å². The molecule has 6 heterocycles. The Morgan fingerprint density at radius 2 is 0.952 bits per heavy atom. The molecular formula is C30H42O12. The van der Waals surface area contributed by atoms with Gasteiger partial charge in [-0.05, 0) is 52.4 Å². The number of carbonyl (C=O) groups is 2. The third-order valence-electron chi connectivity index (χ3n) is 10.3. The van der Waals surface area contributed by atoms with Crippen LogP contribution >= 0.6 is 0 Å². The summed E-state index contributed by atoms with van der Waals surface area (Å²) in [6, 6.07) is 0. The van der Waals surface area contributed by atoms with Gasteiger partial charge in [0.25, 0.3) is 11.6 Å². The van der Waals surface area contributed by atoms with Crippen molar-refractivity contribution in [3.63, 3.8) is 0 Å². The minimum Gasteiger partial charge on any atom is -0.344 e. The van der Waals surface area contributed by atoms with E-state index < -0.39 is 46.9 Å². The topological polar surface area (TPSA) is 126 Å². The van der Waals surface area contributed by atoms with Crippen molar-refractivity contribution in [1.82, 2.24) is 0 Å². The Labute approximate surface area is 245 Å². The van der Waals surface area contributed by atoms with Gasteiger partial charge in [-0.1, -0.05) is 0 Å². The lowest BCUT2D eigenvalue weighted by Crippen LogP contribution is -2.59. The molecule has 6 aliphatic heterocycles. The fourth-order valence-electron chi connectivity index (χ4n) is 8.23. The Hall–Kier alpha value is -1.06. The lowest BCUT2D eigenvalue weighted by atomic mass is 9.99. The summed E-state index contributed by atoms with van der Waals surface area (Å²) in [5.41, 5.74) is 0. The van der Waals surface area contributed by atoms with E-state index in [1.165, 1.54) is 0 Å². The standard InChI is InChI=1S/C16H22O6.C14H20O6/c17-13-12-11(20-15(21-12)7-3-4-8-15)9-18-16(13)10-19-14(22-16)5-1-2-6-14;1-12(2)18-9-7-16-14(11(15)10(9)19-12)8-17-13(20-14)5-3-4-6-13/h11-12H,1-10H2;9-10H,3-8H2,1-2H3/t11-,12-,16+;9-,10-,14+/m11/s1. The normalized spacial score (nSPS) is 45.4. The summed E-state index contributed by atoms with van der Waals surface area (Å²) in [5, 5.41) is 0. The first-order valence-corrected chi connectivity index (χ1v) is 15.8. The molecule has 42 heavy (non-hydrogen) atoms. The number of hydrogen-bond acceptors (Lipinski definition) is 12. The first-order valence-electron chi connectivity index (χ1n) is 15.8. The lowest BCUT2D eigenvalue weighted by Gasteiger charge is -2.36. The summed E-state index contributed by atoms with van der Waals surface area (Å²) < 4.78 is 58.8. The molecule has 12 heteroatoms. The van der Waals surface area contributed by atoms with Crippen LogP contribution in [0.5, 0.6) is 0 Å². The van der Waals surface area contributed by atoms with Gasteiger partial charge in [0.15, 0.2) is 35.4 Å². The number of rotatable bonds is 0. The summed E-state index contributed by atoms with van der Waals surface area (Å²) >= 11 is 0. The number of fused-ring (bicyclic) bond motifs is 2. The van der Waals surface area contributed by atoms with Gasteiger partial charge in [0.05, 0.1) is 13.2 Å². The van der Waals surface area contributed by atoms with E-state index >= 15 is 0 Å². The second kappa shape index (κ2) is 9.72. The molecule has 234 valence electrons. The predicted molar refractivity (Wildman–Crippen MR) is 139 cm³/mol.